The lowest BCUT2D eigenvalue weighted by atomic mass is 10.1. The lowest BCUT2D eigenvalue weighted by Crippen LogP contribution is -2.20. The first-order chi connectivity index (χ1) is 13.0. The van der Waals surface area contributed by atoms with Gasteiger partial charge in [-0.25, -0.2) is 4.79 Å². The molecule has 4 aromatic carbocycles. The van der Waals surface area contributed by atoms with Gasteiger partial charge >= 0.3 is 6.03 Å². The number of nitrogens with one attached hydrogen (secondary N) is 2. The second-order valence-corrected chi connectivity index (χ2v) is 6.87. The van der Waals surface area contributed by atoms with E-state index in [2.05, 4.69) is 10.6 Å². The van der Waals surface area contributed by atoms with Crippen LogP contribution >= 0.6 is 23.2 Å². The maximum Gasteiger partial charge on any atom is 0.323 e. The van der Waals surface area contributed by atoms with Gasteiger partial charge in [-0.1, -0.05) is 59.6 Å². The van der Waals surface area contributed by atoms with Crippen LogP contribution in [0.4, 0.5) is 16.2 Å². The molecule has 0 saturated carbocycles. The SMILES string of the molecule is O=C(Nc1cccc2ccccc12)Nc1c(Cl)cc(Cl)c2ccc(O)cc12. The number of anilines is 2. The Labute approximate surface area is 165 Å². The van der Waals surface area contributed by atoms with Crippen LogP contribution in [-0.4, -0.2) is 11.1 Å². The molecule has 0 atom stereocenters. The molecule has 0 aliphatic carbocycles. The van der Waals surface area contributed by atoms with Crippen LogP contribution in [0.1, 0.15) is 0 Å². The summed E-state index contributed by atoms with van der Waals surface area (Å²) in [4.78, 5) is 12.6. The summed E-state index contributed by atoms with van der Waals surface area (Å²) in [6.45, 7) is 0. The van der Waals surface area contributed by atoms with E-state index in [9.17, 15) is 9.90 Å². The highest BCUT2D eigenvalue weighted by molar-refractivity contribution is 6.41. The molecule has 4 aromatic rings. The standard InChI is InChI=1S/C21H14Cl2N2O2/c22-17-11-18(23)20(16-10-13(26)8-9-15(16)17)25-21(27)24-19-7-3-5-12-4-1-2-6-14(12)19/h1-11,26H,(H2,24,25,27). The predicted molar refractivity (Wildman–Crippen MR) is 112 cm³/mol. The number of benzene rings is 4. The van der Waals surface area contributed by atoms with Crippen molar-refractivity contribution >= 4 is 62.2 Å². The Bertz CT molecular complexity index is 1190. The second kappa shape index (κ2) is 6.99. The van der Waals surface area contributed by atoms with Crippen molar-refractivity contribution in [1.29, 1.82) is 0 Å². The van der Waals surface area contributed by atoms with Crippen molar-refractivity contribution in [3.8, 4) is 5.75 Å². The monoisotopic (exact) mass is 396 g/mol. The molecule has 6 heteroatoms. The number of hydrogen-bond acceptors (Lipinski definition) is 2. The van der Waals surface area contributed by atoms with Crippen LogP contribution in [0.5, 0.6) is 5.75 Å². The van der Waals surface area contributed by atoms with Crippen molar-refractivity contribution in [3.63, 3.8) is 0 Å². The van der Waals surface area contributed by atoms with Gasteiger partial charge in [-0.15, -0.1) is 0 Å². The largest absolute Gasteiger partial charge is 0.508 e. The van der Waals surface area contributed by atoms with Gasteiger partial charge in [0.15, 0.2) is 0 Å². The van der Waals surface area contributed by atoms with E-state index >= 15 is 0 Å². The Hall–Kier alpha value is -2.95. The lowest BCUT2D eigenvalue weighted by molar-refractivity contribution is 0.262. The number of amides is 2. The van der Waals surface area contributed by atoms with Crippen LogP contribution in [0.15, 0.2) is 66.7 Å². The number of phenolic OH excluding ortho intramolecular Hbond substituents is 1. The zero-order chi connectivity index (χ0) is 19.0. The van der Waals surface area contributed by atoms with E-state index in [4.69, 9.17) is 23.2 Å². The third kappa shape index (κ3) is 3.37. The van der Waals surface area contributed by atoms with Crippen molar-refractivity contribution in [2.24, 2.45) is 0 Å². The van der Waals surface area contributed by atoms with E-state index in [1.165, 1.54) is 12.1 Å². The molecule has 3 N–H and O–H groups in total. The summed E-state index contributed by atoms with van der Waals surface area (Å²) >= 11 is 12.5. The van der Waals surface area contributed by atoms with Gasteiger partial charge in [0.2, 0.25) is 0 Å². The van der Waals surface area contributed by atoms with Crippen LogP contribution in [0, 0.1) is 0 Å². The maximum atomic E-state index is 12.6. The van der Waals surface area contributed by atoms with Gasteiger partial charge in [-0.05, 0) is 35.7 Å². The van der Waals surface area contributed by atoms with E-state index < -0.39 is 6.03 Å². The Morgan fingerprint density at radius 1 is 0.778 bits per heavy atom. The number of carbonyl (C=O) groups excluding carboxylic acids is 1. The van der Waals surface area contributed by atoms with Gasteiger partial charge in [0.1, 0.15) is 5.75 Å². The van der Waals surface area contributed by atoms with Crippen LogP contribution in [-0.2, 0) is 0 Å². The third-order valence-corrected chi connectivity index (χ3v) is 4.91. The first-order valence-electron chi connectivity index (χ1n) is 8.19. The molecule has 0 spiro atoms. The highest BCUT2D eigenvalue weighted by Gasteiger charge is 2.14. The number of phenols is 1. The normalized spacial score (nSPS) is 10.9. The molecule has 0 saturated heterocycles. The number of hydrogen-bond donors (Lipinski definition) is 3. The van der Waals surface area contributed by atoms with Crippen LogP contribution < -0.4 is 10.6 Å². The molecule has 0 aliphatic rings. The minimum Gasteiger partial charge on any atom is -0.508 e. The fraction of sp³-hybridized carbons (Fsp3) is 0. The molecule has 4 nitrogen and oxygen atoms in total. The van der Waals surface area contributed by atoms with E-state index in [-0.39, 0.29) is 10.8 Å². The second-order valence-electron chi connectivity index (χ2n) is 6.05. The molecule has 0 bridgehead atoms. The van der Waals surface area contributed by atoms with Crippen LogP contribution in [0.2, 0.25) is 10.0 Å². The van der Waals surface area contributed by atoms with E-state index in [1.54, 1.807) is 12.1 Å². The van der Waals surface area contributed by atoms with Crippen LogP contribution in [0.3, 0.4) is 0 Å². The summed E-state index contributed by atoms with van der Waals surface area (Å²) in [5.41, 5.74) is 1.06. The summed E-state index contributed by atoms with van der Waals surface area (Å²) in [6.07, 6.45) is 0. The molecule has 0 heterocycles. The fourth-order valence-electron chi connectivity index (χ4n) is 3.07. The zero-order valence-corrected chi connectivity index (χ0v) is 15.5. The molecule has 0 radical (unpaired) electrons. The average Bonchev–Trinajstić information content (AvgIpc) is 2.65. The van der Waals surface area contributed by atoms with Gasteiger partial charge in [0.25, 0.3) is 0 Å². The number of urea groups is 1. The zero-order valence-electron chi connectivity index (χ0n) is 14.0. The molecule has 0 aromatic heterocycles. The fourth-order valence-corrected chi connectivity index (χ4v) is 3.65. The highest BCUT2D eigenvalue weighted by atomic mass is 35.5. The van der Waals surface area contributed by atoms with Gasteiger partial charge in [0, 0.05) is 16.2 Å². The minimum atomic E-state index is -0.444. The first-order valence-corrected chi connectivity index (χ1v) is 8.95. The third-order valence-electron chi connectivity index (χ3n) is 4.30. The number of aromatic hydroxyl groups is 1. The Morgan fingerprint density at radius 3 is 2.41 bits per heavy atom. The van der Waals surface area contributed by atoms with Crippen LogP contribution in [0.25, 0.3) is 21.5 Å². The van der Waals surface area contributed by atoms with Gasteiger partial charge in [-0.2, -0.15) is 0 Å². The summed E-state index contributed by atoms with van der Waals surface area (Å²) < 4.78 is 0. The Balaban J connectivity index is 1.70. The maximum absolute atomic E-state index is 12.6. The van der Waals surface area contributed by atoms with Gasteiger partial charge in [0.05, 0.1) is 21.4 Å². The van der Waals surface area contributed by atoms with Crippen molar-refractivity contribution in [2.45, 2.75) is 0 Å². The molecule has 27 heavy (non-hydrogen) atoms. The topological polar surface area (TPSA) is 61.4 Å². The number of fused-ring (bicyclic) bond motifs is 2. The molecule has 0 unspecified atom stereocenters. The summed E-state index contributed by atoms with van der Waals surface area (Å²) in [7, 11) is 0. The van der Waals surface area contributed by atoms with E-state index in [0.717, 1.165) is 10.8 Å². The minimum absolute atomic E-state index is 0.0540. The summed E-state index contributed by atoms with van der Waals surface area (Å²) in [6, 6.07) is 19.3. The van der Waals surface area contributed by atoms with E-state index in [0.29, 0.717) is 27.2 Å². The van der Waals surface area contributed by atoms with Gasteiger partial charge in [-0.3, -0.25) is 0 Å². The van der Waals surface area contributed by atoms with Crippen molar-refractivity contribution < 1.29 is 9.90 Å². The Morgan fingerprint density at radius 2 is 1.56 bits per heavy atom. The van der Waals surface area contributed by atoms with Crippen molar-refractivity contribution in [3.05, 3.63) is 76.8 Å². The summed E-state index contributed by atoms with van der Waals surface area (Å²) in [5.74, 6) is 0.0540. The molecule has 0 fully saturated rings. The molecular formula is C21H14Cl2N2O2. The van der Waals surface area contributed by atoms with Gasteiger partial charge < -0.3 is 15.7 Å². The van der Waals surface area contributed by atoms with Crippen molar-refractivity contribution in [2.75, 3.05) is 10.6 Å². The van der Waals surface area contributed by atoms with Crippen molar-refractivity contribution in [1.82, 2.24) is 0 Å². The molecule has 4 rings (SSSR count). The molecule has 134 valence electrons. The number of rotatable bonds is 2. The predicted octanol–water partition coefficient (Wildman–Crippen LogP) is 6.65. The lowest BCUT2D eigenvalue weighted by Gasteiger charge is -2.14. The molecular weight excluding hydrogens is 383 g/mol. The smallest absolute Gasteiger partial charge is 0.323 e. The highest BCUT2D eigenvalue weighted by Crippen LogP contribution is 2.38. The Kier molecular flexibility index (Phi) is 4.52. The number of carbonyl (C=O) groups is 1. The first kappa shape index (κ1) is 17.5. The summed E-state index contributed by atoms with van der Waals surface area (Å²) in [5, 5.41) is 19.3. The van der Waals surface area contributed by atoms with E-state index in [1.807, 2.05) is 42.5 Å². The number of halogens is 2. The quantitative estimate of drug-likeness (QED) is 0.355. The molecule has 0 aliphatic heterocycles. The average molecular weight is 397 g/mol. The molecule has 2 amide bonds.